The van der Waals surface area contributed by atoms with Gasteiger partial charge < -0.3 is 10.2 Å². The van der Waals surface area contributed by atoms with Crippen molar-refractivity contribution in [1.82, 2.24) is 4.98 Å². The monoisotopic (exact) mass is 335 g/mol. The molecule has 1 aromatic heterocycles. The molecule has 1 aliphatic heterocycles. The van der Waals surface area contributed by atoms with Gasteiger partial charge in [-0.15, -0.1) is 11.3 Å². The molecule has 0 radical (unpaired) electrons. The molecular formula is C16H18ClN3OS. The molecule has 116 valence electrons. The number of piperidine rings is 1. The van der Waals surface area contributed by atoms with Gasteiger partial charge in [0.2, 0.25) is 0 Å². The lowest BCUT2D eigenvalue weighted by Crippen LogP contribution is -2.30. The SMILES string of the molecule is Cc1ncc(C(=O)Nc2cc(Cl)ccc2N2CCCCC2)s1. The third kappa shape index (κ3) is 3.42. The summed E-state index contributed by atoms with van der Waals surface area (Å²) >= 11 is 7.50. The van der Waals surface area contributed by atoms with Gasteiger partial charge in [-0.2, -0.15) is 0 Å². The Morgan fingerprint density at radius 2 is 2.09 bits per heavy atom. The van der Waals surface area contributed by atoms with E-state index in [9.17, 15) is 4.79 Å². The van der Waals surface area contributed by atoms with Crippen LogP contribution in [0.4, 0.5) is 11.4 Å². The van der Waals surface area contributed by atoms with E-state index in [4.69, 9.17) is 11.6 Å². The van der Waals surface area contributed by atoms with E-state index in [2.05, 4.69) is 15.2 Å². The molecule has 22 heavy (non-hydrogen) atoms. The average Bonchev–Trinajstić information content (AvgIpc) is 2.95. The Hall–Kier alpha value is -1.59. The minimum Gasteiger partial charge on any atom is -0.370 e. The molecule has 0 saturated carbocycles. The van der Waals surface area contributed by atoms with Gasteiger partial charge in [0.15, 0.2) is 0 Å². The second-order valence-electron chi connectivity index (χ2n) is 5.41. The Labute approximate surface area is 139 Å². The zero-order chi connectivity index (χ0) is 15.5. The van der Waals surface area contributed by atoms with Gasteiger partial charge in [-0.25, -0.2) is 4.98 Å². The molecular weight excluding hydrogens is 318 g/mol. The first-order chi connectivity index (χ1) is 10.6. The Morgan fingerprint density at radius 3 is 2.77 bits per heavy atom. The number of thiazole rings is 1. The number of aromatic nitrogens is 1. The van der Waals surface area contributed by atoms with Crippen LogP contribution in [0, 0.1) is 6.92 Å². The first-order valence-electron chi connectivity index (χ1n) is 7.42. The first-order valence-corrected chi connectivity index (χ1v) is 8.61. The fourth-order valence-electron chi connectivity index (χ4n) is 2.67. The van der Waals surface area contributed by atoms with Crippen LogP contribution in [0.5, 0.6) is 0 Å². The van der Waals surface area contributed by atoms with Crippen molar-refractivity contribution in [3.63, 3.8) is 0 Å². The molecule has 6 heteroatoms. The minimum atomic E-state index is -0.133. The minimum absolute atomic E-state index is 0.133. The van der Waals surface area contributed by atoms with Gasteiger partial charge in [0, 0.05) is 18.1 Å². The molecule has 1 aromatic carbocycles. The van der Waals surface area contributed by atoms with Gasteiger partial charge in [-0.3, -0.25) is 4.79 Å². The molecule has 1 amide bonds. The Kier molecular flexibility index (Phi) is 4.64. The topological polar surface area (TPSA) is 45.2 Å². The summed E-state index contributed by atoms with van der Waals surface area (Å²) < 4.78 is 0. The van der Waals surface area contributed by atoms with Crippen molar-refractivity contribution < 1.29 is 4.79 Å². The molecule has 4 nitrogen and oxygen atoms in total. The highest BCUT2D eigenvalue weighted by Crippen LogP contribution is 2.31. The number of hydrogen-bond acceptors (Lipinski definition) is 4. The smallest absolute Gasteiger partial charge is 0.267 e. The highest BCUT2D eigenvalue weighted by atomic mass is 35.5. The number of aryl methyl sites for hydroxylation is 1. The number of carbonyl (C=O) groups excluding carboxylic acids is 1. The van der Waals surface area contributed by atoms with E-state index in [1.165, 1.54) is 30.6 Å². The molecule has 0 bridgehead atoms. The number of rotatable bonds is 3. The fourth-order valence-corrected chi connectivity index (χ4v) is 3.51. The Bertz CT molecular complexity index is 680. The van der Waals surface area contributed by atoms with Crippen LogP contribution < -0.4 is 10.2 Å². The summed E-state index contributed by atoms with van der Waals surface area (Å²) in [6.45, 7) is 3.92. The molecule has 0 aliphatic carbocycles. The predicted molar refractivity (Wildman–Crippen MR) is 92.3 cm³/mol. The van der Waals surface area contributed by atoms with Crippen molar-refractivity contribution >= 4 is 40.2 Å². The van der Waals surface area contributed by atoms with E-state index in [1.807, 2.05) is 25.1 Å². The number of hydrogen-bond donors (Lipinski definition) is 1. The Morgan fingerprint density at radius 1 is 1.32 bits per heavy atom. The van der Waals surface area contributed by atoms with Crippen LogP contribution in [0.1, 0.15) is 33.9 Å². The molecule has 0 spiro atoms. The summed E-state index contributed by atoms with van der Waals surface area (Å²) in [6.07, 6.45) is 5.25. The van der Waals surface area contributed by atoms with Gasteiger partial charge in [0.05, 0.1) is 22.6 Å². The second kappa shape index (κ2) is 6.67. The first kappa shape index (κ1) is 15.3. The van der Waals surface area contributed by atoms with Crippen LogP contribution in [0.3, 0.4) is 0 Å². The maximum atomic E-state index is 12.4. The molecule has 1 N–H and O–H groups in total. The standard InChI is InChI=1S/C16H18ClN3OS/c1-11-18-10-15(22-11)16(21)19-13-9-12(17)5-6-14(13)20-7-3-2-4-8-20/h5-6,9-10H,2-4,7-8H2,1H3,(H,19,21). The van der Waals surface area contributed by atoms with Crippen LogP contribution in [0.15, 0.2) is 24.4 Å². The normalized spacial score (nSPS) is 14.9. The third-order valence-electron chi connectivity index (χ3n) is 3.75. The van der Waals surface area contributed by atoms with Crippen LogP contribution in [0.2, 0.25) is 5.02 Å². The summed E-state index contributed by atoms with van der Waals surface area (Å²) in [6, 6.07) is 5.68. The highest BCUT2D eigenvalue weighted by molar-refractivity contribution is 7.13. The van der Waals surface area contributed by atoms with E-state index >= 15 is 0 Å². The maximum Gasteiger partial charge on any atom is 0.267 e. The van der Waals surface area contributed by atoms with Gasteiger partial charge in [0.25, 0.3) is 5.91 Å². The van der Waals surface area contributed by atoms with Gasteiger partial charge in [-0.05, 0) is 44.4 Å². The predicted octanol–water partition coefficient (Wildman–Crippen LogP) is 4.35. The lowest BCUT2D eigenvalue weighted by molar-refractivity contribution is 0.103. The third-order valence-corrected chi connectivity index (χ3v) is 4.90. The Balaban J connectivity index is 1.85. The van der Waals surface area contributed by atoms with Crippen LogP contribution >= 0.6 is 22.9 Å². The van der Waals surface area contributed by atoms with Gasteiger partial charge in [-0.1, -0.05) is 11.6 Å². The largest absolute Gasteiger partial charge is 0.370 e. The molecule has 1 aliphatic rings. The number of amides is 1. The summed E-state index contributed by atoms with van der Waals surface area (Å²) in [5.41, 5.74) is 1.81. The molecule has 2 heterocycles. The van der Waals surface area contributed by atoms with Crippen LogP contribution in [-0.4, -0.2) is 24.0 Å². The summed E-state index contributed by atoms with van der Waals surface area (Å²) in [4.78, 5) is 19.4. The molecule has 3 rings (SSSR count). The molecule has 2 aromatic rings. The van der Waals surface area contributed by atoms with E-state index < -0.39 is 0 Å². The average molecular weight is 336 g/mol. The van der Waals surface area contributed by atoms with E-state index in [1.54, 1.807) is 6.20 Å². The number of halogens is 1. The molecule has 1 fully saturated rings. The van der Waals surface area contributed by atoms with E-state index in [-0.39, 0.29) is 5.91 Å². The zero-order valence-corrected chi connectivity index (χ0v) is 14.0. The number of nitrogens with zero attached hydrogens (tertiary/aromatic N) is 2. The molecule has 1 saturated heterocycles. The zero-order valence-electron chi connectivity index (χ0n) is 12.4. The second-order valence-corrected chi connectivity index (χ2v) is 7.08. The van der Waals surface area contributed by atoms with Crippen molar-refractivity contribution in [2.24, 2.45) is 0 Å². The van der Waals surface area contributed by atoms with Crippen LogP contribution in [0.25, 0.3) is 0 Å². The summed E-state index contributed by atoms with van der Waals surface area (Å²) in [5.74, 6) is -0.133. The van der Waals surface area contributed by atoms with E-state index in [0.717, 1.165) is 29.5 Å². The van der Waals surface area contributed by atoms with E-state index in [0.29, 0.717) is 9.90 Å². The number of nitrogens with one attached hydrogen (secondary N) is 1. The molecule has 0 unspecified atom stereocenters. The highest BCUT2D eigenvalue weighted by Gasteiger charge is 2.17. The maximum absolute atomic E-state index is 12.4. The van der Waals surface area contributed by atoms with Crippen molar-refractivity contribution in [2.45, 2.75) is 26.2 Å². The lowest BCUT2D eigenvalue weighted by Gasteiger charge is -2.30. The molecule has 0 atom stereocenters. The fraction of sp³-hybridized carbons (Fsp3) is 0.375. The summed E-state index contributed by atoms with van der Waals surface area (Å²) in [7, 11) is 0. The van der Waals surface area contributed by atoms with Gasteiger partial charge in [0.1, 0.15) is 4.88 Å². The quantitative estimate of drug-likeness (QED) is 0.907. The number of carbonyl (C=O) groups is 1. The van der Waals surface area contributed by atoms with Crippen molar-refractivity contribution in [3.8, 4) is 0 Å². The van der Waals surface area contributed by atoms with Crippen LogP contribution in [-0.2, 0) is 0 Å². The van der Waals surface area contributed by atoms with Crippen molar-refractivity contribution in [1.29, 1.82) is 0 Å². The number of benzene rings is 1. The number of anilines is 2. The lowest BCUT2D eigenvalue weighted by atomic mass is 10.1. The van der Waals surface area contributed by atoms with Gasteiger partial charge >= 0.3 is 0 Å². The van der Waals surface area contributed by atoms with Crippen molar-refractivity contribution in [2.75, 3.05) is 23.3 Å². The van der Waals surface area contributed by atoms with Crippen molar-refractivity contribution in [3.05, 3.63) is 39.3 Å². The summed E-state index contributed by atoms with van der Waals surface area (Å²) in [5, 5.41) is 4.49.